The second kappa shape index (κ2) is 6.65. The highest BCUT2D eigenvalue weighted by molar-refractivity contribution is 5.74. The molecule has 0 aliphatic heterocycles. The van der Waals surface area contributed by atoms with Gasteiger partial charge in [-0.05, 0) is 56.2 Å². The van der Waals surface area contributed by atoms with Crippen LogP contribution in [0.15, 0.2) is 42.7 Å². The molecule has 0 radical (unpaired) electrons. The molecule has 0 amide bonds. The van der Waals surface area contributed by atoms with Gasteiger partial charge in [-0.2, -0.15) is 0 Å². The van der Waals surface area contributed by atoms with Crippen molar-refractivity contribution in [2.45, 2.75) is 33.4 Å². The van der Waals surface area contributed by atoms with Crippen LogP contribution in [-0.2, 0) is 13.6 Å². The molecular formula is C20H25N2O2+. The van der Waals surface area contributed by atoms with E-state index in [0.29, 0.717) is 6.54 Å². The van der Waals surface area contributed by atoms with Gasteiger partial charge < -0.3 is 9.84 Å². The zero-order chi connectivity index (χ0) is 17.3. The molecule has 3 rings (SSSR count). The van der Waals surface area contributed by atoms with E-state index in [2.05, 4.69) is 35.1 Å². The average Bonchev–Trinajstić information content (AvgIpc) is 2.83. The van der Waals surface area contributed by atoms with Crippen LogP contribution in [0.2, 0.25) is 0 Å². The van der Waals surface area contributed by atoms with Gasteiger partial charge in [0.1, 0.15) is 25.0 Å². The van der Waals surface area contributed by atoms with E-state index >= 15 is 0 Å². The number of fused-ring (bicyclic) bond motifs is 1. The molecule has 0 saturated heterocycles. The summed E-state index contributed by atoms with van der Waals surface area (Å²) in [5.41, 5.74) is 6.03. The van der Waals surface area contributed by atoms with Crippen molar-refractivity contribution in [3.8, 4) is 5.75 Å². The van der Waals surface area contributed by atoms with Gasteiger partial charge in [0.05, 0.1) is 7.05 Å². The Morgan fingerprint density at radius 2 is 1.75 bits per heavy atom. The lowest BCUT2D eigenvalue weighted by molar-refractivity contribution is -0.645. The third-order valence-electron chi connectivity index (χ3n) is 4.46. The summed E-state index contributed by atoms with van der Waals surface area (Å²) in [6, 6.07) is 12.2. The zero-order valence-electron chi connectivity index (χ0n) is 14.8. The Bertz CT molecular complexity index is 850. The number of aryl methyl sites for hydroxylation is 4. The van der Waals surface area contributed by atoms with Gasteiger partial charge >= 0.3 is 0 Å². The summed E-state index contributed by atoms with van der Waals surface area (Å²) in [5, 5.41) is 10.4. The molecule has 0 spiro atoms. The highest BCUT2D eigenvalue weighted by Gasteiger charge is 2.18. The smallest absolute Gasteiger partial charge is 0.244 e. The zero-order valence-corrected chi connectivity index (χ0v) is 14.8. The minimum absolute atomic E-state index is 0.275. The molecular weight excluding hydrogens is 300 g/mol. The van der Waals surface area contributed by atoms with Gasteiger partial charge in [0.25, 0.3) is 0 Å². The monoisotopic (exact) mass is 325 g/mol. The van der Waals surface area contributed by atoms with Crippen molar-refractivity contribution >= 4 is 11.0 Å². The summed E-state index contributed by atoms with van der Waals surface area (Å²) < 4.78 is 9.87. The van der Waals surface area contributed by atoms with Gasteiger partial charge in [0.2, 0.25) is 6.33 Å². The molecule has 0 unspecified atom stereocenters. The molecule has 0 fully saturated rings. The van der Waals surface area contributed by atoms with Crippen molar-refractivity contribution in [2.75, 3.05) is 6.61 Å². The van der Waals surface area contributed by atoms with Crippen molar-refractivity contribution in [3.63, 3.8) is 0 Å². The second-order valence-corrected chi connectivity index (χ2v) is 6.58. The SMILES string of the molecule is Cc1ccc(OC[C@H](O)Cn2c[n+](C)c3cc(C)c(C)cc32)cc1. The first-order chi connectivity index (χ1) is 11.4. The van der Waals surface area contributed by atoms with Gasteiger partial charge in [-0.25, -0.2) is 9.13 Å². The van der Waals surface area contributed by atoms with Crippen LogP contribution in [0.25, 0.3) is 11.0 Å². The molecule has 2 aromatic carbocycles. The van der Waals surface area contributed by atoms with Crippen molar-refractivity contribution in [1.82, 2.24) is 4.57 Å². The number of aliphatic hydroxyl groups is 1. The Balaban J connectivity index is 1.72. The molecule has 1 aromatic heterocycles. The molecule has 1 N–H and O–H groups in total. The lowest BCUT2D eigenvalue weighted by Gasteiger charge is -2.11. The summed E-state index contributed by atoms with van der Waals surface area (Å²) in [6.07, 6.45) is 1.46. The summed E-state index contributed by atoms with van der Waals surface area (Å²) in [6.45, 7) is 7.06. The van der Waals surface area contributed by atoms with E-state index in [9.17, 15) is 5.11 Å². The van der Waals surface area contributed by atoms with Gasteiger partial charge in [0, 0.05) is 0 Å². The first-order valence-corrected chi connectivity index (χ1v) is 8.27. The Morgan fingerprint density at radius 3 is 2.46 bits per heavy atom. The predicted octanol–water partition coefficient (Wildman–Crippen LogP) is 2.83. The fourth-order valence-electron chi connectivity index (χ4n) is 2.88. The highest BCUT2D eigenvalue weighted by Crippen LogP contribution is 2.18. The number of rotatable bonds is 5. The molecule has 0 bridgehead atoms. The maximum absolute atomic E-state index is 10.4. The Labute approximate surface area is 142 Å². The van der Waals surface area contributed by atoms with Crippen LogP contribution < -0.4 is 9.30 Å². The van der Waals surface area contributed by atoms with Gasteiger partial charge in [0.15, 0.2) is 11.0 Å². The minimum Gasteiger partial charge on any atom is -0.491 e. The van der Waals surface area contributed by atoms with Gasteiger partial charge in [-0.1, -0.05) is 17.7 Å². The quantitative estimate of drug-likeness (QED) is 0.733. The maximum Gasteiger partial charge on any atom is 0.244 e. The molecule has 0 aliphatic carbocycles. The third-order valence-corrected chi connectivity index (χ3v) is 4.46. The molecule has 126 valence electrons. The van der Waals surface area contributed by atoms with E-state index < -0.39 is 6.10 Å². The molecule has 4 heteroatoms. The number of hydrogen-bond donors (Lipinski definition) is 1. The van der Waals surface area contributed by atoms with Crippen molar-refractivity contribution in [2.24, 2.45) is 7.05 Å². The normalized spacial score (nSPS) is 12.5. The van der Waals surface area contributed by atoms with Crippen LogP contribution >= 0.6 is 0 Å². The number of aliphatic hydroxyl groups excluding tert-OH is 1. The highest BCUT2D eigenvalue weighted by atomic mass is 16.5. The molecule has 3 aromatic rings. The van der Waals surface area contributed by atoms with Crippen LogP contribution in [-0.4, -0.2) is 22.4 Å². The maximum atomic E-state index is 10.4. The summed E-state index contributed by atoms with van der Waals surface area (Å²) in [4.78, 5) is 0. The van der Waals surface area contributed by atoms with Crippen molar-refractivity contribution < 1.29 is 14.4 Å². The van der Waals surface area contributed by atoms with Gasteiger partial charge in [-0.3, -0.25) is 0 Å². The van der Waals surface area contributed by atoms with E-state index in [1.807, 2.05) is 44.6 Å². The second-order valence-electron chi connectivity index (χ2n) is 6.58. The lowest BCUT2D eigenvalue weighted by atomic mass is 10.1. The van der Waals surface area contributed by atoms with Crippen LogP contribution in [0.1, 0.15) is 16.7 Å². The number of aromatic nitrogens is 2. The topological polar surface area (TPSA) is 38.3 Å². The number of nitrogens with zero attached hydrogens (tertiary/aromatic N) is 2. The Morgan fingerprint density at radius 1 is 1.08 bits per heavy atom. The Kier molecular flexibility index (Phi) is 4.58. The van der Waals surface area contributed by atoms with Gasteiger partial charge in [-0.15, -0.1) is 0 Å². The average molecular weight is 325 g/mol. The van der Waals surface area contributed by atoms with Crippen LogP contribution in [0, 0.1) is 20.8 Å². The van der Waals surface area contributed by atoms with Crippen molar-refractivity contribution in [3.05, 3.63) is 59.4 Å². The first-order valence-electron chi connectivity index (χ1n) is 8.27. The molecule has 0 aliphatic rings. The van der Waals surface area contributed by atoms with Crippen LogP contribution in [0.3, 0.4) is 0 Å². The molecule has 24 heavy (non-hydrogen) atoms. The summed E-state index contributed by atoms with van der Waals surface area (Å²) >= 11 is 0. The summed E-state index contributed by atoms with van der Waals surface area (Å²) in [5.74, 6) is 0.786. The number of imidazole rings is 1. The fourth-order valence-corrected chi connectivity index (χ4v) is 2.88. The van der Waals surface area contributed by atoms with E-state index in [-0.39, 0.29) is 6.61 Å². The number of hydrogen-bond acceptors (Lipinski definition) is 2. The number of ether oxygens (including phenoxy) is 1. The van der Waals surface area contributed by atoms with E-state index in [1.54, 1.807) is 0 Å². The van der Waals surface area contributed by atoms with Crippen LogP contribution in [0.5, 0.6) is 5.75 Å². The first kappa shape index (κ1) is 16.5. The largest absolute Gasteiger partial charge is 0.491 e. The van der Waals surface area contributed by atoms with E-state index in [1.165, 1.54) is 22.2 Å². The number of benzene rings is 2. The minimum atomic E-state index is -0.566. The molecule has 4 nitrogen and oxygen atoms in total. The molecule has 1 heterocycles. The predicted molar refractivity (Wildman–Crippen MR) is 95.3 cm³/mol. The van der Waals surface area contributed by atoms with E-state index in [0.717, 1.165) is 11.3 Å². The van der Waals surface area contributed by atoms with Crippen molar-refractivity contribution in [1.29, 1.82) is 0 Å². The fraction of sp³-hybridized carbons (Fsp3) is 0.350. The van der Waals surface area contributed by atoms with Crippen LogP contribution in [0.4, 0.5) is 0 Å². The third kappa shape index (κ3) is 3.44. The van der Waals surface area contributed by atoms with E-state index in [4.69, 9.17) is 4.74 Å². The molecule has 0 saturated carbocycles. The summed E-state index contributed by atoms with van der Waals surface area (Å²) in [7, 11) is 2.03. The standard InChI is InChI=1S/C20H25N2O2/c1-14-5-7-18(8-6-14)24-12-17(23)11-22-13-21(4)19-9-15(2)16(3)10-20(19)22/h5-10,13,17,23H,11-12H2,1-4H3/q+1/t17-/m1/s1. The molecule has 1 atom stereocenters. The Hall–Kier alpha value is -2.33. The lowest BCUT2D eigenvalue weighted by Crippen LogP contribution is -2.27.